The van der Waals surface area contributed by atoms with Gasteiger partial charge < -0.3 is 15.3 Å². The SMILES string of the molecule is Cc1cc(N2CCC(c3n[nH]c4c3C(C(F)(F)F)C(O)C(=O)N4)CC2)cnc1C#N. The van der Waals surface area contributed by atoms with Crippen molar-refractivity contribution in [3.63, 3.8) is 0 Å². The number of nitrogens with one attached hydrogen (secondary N) is 2. The predicted octanol–water partition coefficient (Wildman–Crippen LogP) is 2.33. The van der Waals surface area contributed by atoms with Crippen LogP contribution in [0.25, 0.3) is 0 Å². The van der Waals surface area contributed by atoms with Gasteiger partial charge in [-0.2, -0.15) is 23.5 Å². The van der Waals surface area contributed by atoms with Crippen molar-refractivity contribution in [2.45, 2.75) is 43.9 Å². The van der Waals surface area contributed by atoms with Crippen molar-refractivity contribution in [1.82, 2.24) is 15.2 Å². The number of pyridine rings is 1. The third kappa shape index (κ3) is 3.37. The summed E-state index contributed by atoms with van der Waals surface area (Å²) < 4.78 is 40.9. The number of hydrogen-bond donors (Lipinski definition) is 3. The number of alkyl halides is 3. The summed E-state index contributed by atoms with van der Waals surface area (Å²) in [7, 11) is 0. The smallest absolute Gasteiger partial charge is 0.382 e. The number of carbonyl (C=O) groups is 1. The van der Waals surface area contributed by atoms with Gasteiger partial charge in [0.25, 0.3) is 5.91 Å². The standard InChI is InChI=1S/C19H19F3N6O2/c1-9-6-11(8-24-12(9)7-23)28-4-2-10(3-5-28)15-13-14(19(20,21)22)16(29)18(30)25-17(13)27-26-15/h6,8,10,14,16,29H,2-5H2,1H3,(H2,25,26,27,30). The second-order valence-electron chi connectivity index (χ2n) is 7.58. The van der Waals surface area contributed by atoms with E-state index in [9.17, 15) is 23.1 Å². The van der Waals surface area contributed by atoms with Gasteiger partial charge in [0.2, 0.25) is 0 Å². The van der Waals surface area contributed by atoms with Gasteiger partial charge in [-0.15, -0.1) is 0 Å². The van der Waals surface area contributed by atoms with E-state index in [1.807, 2.05) is 12.1 Å². The number of halogens is 3. The van der Waals surface area contributed by atoms with Gasteiger partial charge in [0.05, 0.1) is 17.6 Å². The highest BCUT2D eigenvalue weighted by Gasteiger charge is 2.53. The molecule has 2 aliphatic rings. The third-order valence-electron chi connectivity index (χ3n) is 5.75. The maximum Gasteiger partial charge on any atom is 0.398 e. The van der Waals surface area contributed by atoms with Gasteiger partial charge in [-0.05, 0) is 31.4 Å². The molecule has 4 rings (SSSR count). The molecule has 0 bridgehead atoms. The quantitative estimate of drug-likeness (QED) is 0.686. The lowest BCUT2D eigenvalue weighted by Gasteiger charge is -2.35. The molecule has 0 radical (unpaired) electrons. The van der Waals surface area contributed by atoms with Gasteiger partial charge in [0.15, 0.2) is 0 Å². The van der Waals surface area contributed by atoms with E-state index in [1.54, 1.807) is 13.1 Å². The van der Waals surface area contributed by atoms with E-state index in [1.165, 1.54) is 0 Å². The van der Waals surface area contributed by atoms with E-state index in [0.717, 1.165) is 11.3 Å². The molecule has 1 amide bonds. The number of amides is 1. The number of nitriles is 1. The monoisotopic (exact) mass is 420 g/mol. The largest absolute Gasteiger partial charge is 0.398 e. The number of hydrogen-bond acceptors (Lipinski definition) is 6. The van der Waals surface area contributed by atoms with Crippen molar-refractivity contribution in [3.05, 3.63) is 34.8 Å². The van der Waals surface area contributed by atoms with Crippen LogP contribution in [0.4, 0.5) is 24.7 Å². The number of aryl methyl sites for hydroxylation is 1. The van der Waals surface area contributed by atoms with Gasteiger partial charge in [-0.3, -0.25) is 9.89 Å². The first-order chi connectivity index (χ1) is 14.2. The molecule has 0 aliphatic carbocycles. The van der Waals surface area contributed by atoms with Crippen LogP contribution >= 0.6 is 0 Å². The molecular weight excluding hydrogens is 401 g/mol. The summed E-state index contributed by atoms with van der Waals surface area (Å²) in [5, 5.41) is 27.8. The van der Waals surface area contributed by atoms with Crippen LogP contribution in [0.1, 0.15) is 47.2 Å². The molecule has 3 N–H and O–H groups in total. The molecule has 1 saturated heterocycles. The van der Waals surface area contributed by atoms with Gasteiger partial charge in [-0.25, -0.2) is 4.98 Å². The summed E-state index contributed by atoms with van der Waals surface area (Å²) >= 11 is 0. The number of aliphatic hydroxyl groups excluding tert-OH is 1. The van der Waals surface area contributed by atoms with Gasteiger partial charge in [0.1, 0.15) is 29.6 Å². The summed E-state index contributed by atoms with van der Waals surface area (Å²) in [6, 6.07) is 3.89. The molecule has 2 aromatic heterocycles. The summed E-state index contributed by atoms with van der Waals surface area (Å²) in [5.74, 6) is -3.75. The number of fused-ring (bicyclic) bond motifs is 1. The first-order valence-electron chi connectivity index (χ1n) is 9.46. The Balaban J connectivity index is 1.56. The third-order valence-corrected chi connectivity index (χ3v) is 5.75. The van der Waals surface area contributed by atoms with E-state index in [2.05, 4.69) is 25.4 Å². The van der Waals surface area contributed by atoms with Gasteiger partial charge in [0, 0.05) is 24.6 Å². The highest BCUT2D eigenvalue weighted by atomic mass is 19.4. The zero-order chi connectivity index (χ0) is 21.6. The average molecular weight is 420 g/mol. The van der Waals surface area contributed by atoms with E-state index in [-0.39, 0.29) is 23.0 Å². The molecule has 0 saturated carbocycles. The van der Waals surface area contributed by atoms with Crippen molar-refractivity contribution < 1.29 is 23.1 Å². The average Bonchev–Trinajstić information content (AvgIpc) is 3.10. The Kier molecular flexibility index (Phi) is 4.89. The lowest BCUT2D eigenvalue weighted by molar-refractivity contribution is -0.177. The molecule has 0 spiro atoms. The Morgan fingerprint density at radius 1 is 1.33 bits per heavy atom. The lowest BCUT2D eigenvalue weighted by Crippen LogP contribution is -2.44. The fourth-order valence-corrected chi connectivity index (χ4v) is 4.20. The molecule has 0 aromatic carbocycles. The van der Waals surface area contributed by atoms with Crippen LogP contribution in [0.2, 0.25) is 0 Å². The number of aromatic nitrogens is 3. The van der Waals surface area contributed by atoms with E-state index < -0.39 is 24.1 Å². The number of carbonyl (C=O) groups excluding carboxylic acids is 1. The fourth-order valence-electron chi connectivity index (χ4n) is 4.20. The molecule has 1 fully saturated rings. The lowest BCUT2D eigenvalue weighted by atomic mass is 9.83. The van der Waals surface area contributed by atoms with Crippen molar-refractivity contribution in [1.29, 1.82) is 5.26 Å². The molecule has 4 heterocycles. The van der Waals surface area contributed by atoms with Crippen LogP contribution in [0.3, 0.4) is 0 Å². The van der Waals surface area contributed by atoms with E-state index in [0.29, 0.717) is 31.6 Å². The molecule has 2 unspecified atom stereocenters. The van der Waals surface area contributed by atoms with Gasteiger partial charge >= 0.3 is 6.18 Å². The Hall–Kier alpha value is -3.13. The van der Waals surface area contributed by atoms with Gasteiger partial charge in [-0.1, -0.05) is 0 Å². The Bertz CT molecular complexity index is 1020. The molecule has 8 nitrogen and oxygen atoms in total. The molecule has 2 aliphatic heterocycles. The van der Waals surface area contributed by atoms with Crippen molar-refractivity contribution >= 4 is 17.4 Å². The number of anilines is 2. The highest BCUT2D eigenvalue weighted by Crippen LogP contribution is 2.47. The number of aromatic amines is 1. The molecule has 158 valence electrons. The zero-order valence-corrected chi connectivity index (χ0v) is 16.0. The van der Waals surface area contributed by atoms with Crippen molar-refractivity contribution in [2.75, 3.05) is 23.3 Å². The predicted molar refractivity (Wildman–Crippen MR) is 99.9 cm³/mol. The molecular formula is C19H19F3N6O2. The number of rotatable bonds is 2. The Morgan fingerprint density at radius 3 is 2.63 bits per heavy atom. The van der Waals surface area contributed by atoms with Crippen LogP contribution in [-0.4, -0.2) is 51.6 Å². The summed E-state index contributed by atoms with van der Waals surface area (Å²) in [6.07, 6.45) is -4.28. The van der Waals surface area contributed by atoms with Crippen molar-refractivity contribution in [3.8, 4) is 6.07 Å². The Morgan fingerprint density at radius 2 is 2.03 bits per heavy atom. The number of piperidine rings is 1. The topological polar surface area (TPSA) is 118 Å². The van der Waals surface area contributed by atoms with E-state index in [4.69, 9.17) is 5.26 Å². The van der Waals surface area contributed by atoms with Crippen LogP contribution in [0, 0.1) is 18.3 Å². The van der Waals surface area contributed by atoms with Crippen LogP contribution in [-0.2, 0) is 4.79 Å². The van der Waals surface area contributed by atoms with Crippen molar-refractivity contribution in [2.24, 2.45) is 0 Å². The highest BCUT2D eigenvalue weighted by molar-refractivity contribution is 5.97. The molecule has 2 aromatic rings. The van der Waals surface area contributed by atoms with Crippen LogP contribution < -0.4 is 10.2 Å². The van der Waals surface area contributed by atoms with E-state index >= 15 is 0 Å². The van der Waals surface area contributed by atoms with Crippen LogP contribution in [0.15, 0.2) is 12.3 Å². The second-order valence-corrected chi connectivity index (χ2v) is 7.58. The normalized spacial score (nSPS) is 22.4. The van der Waals surface area contributed by atoms with Crippen LogP contribution in [0.5, 0.6) is 0 Å². The number of aliphatic hydroxyl groups is 1. The maximum atomic E-state index is 13.6. The first-order valence-corrected chi connectivity index (χ1v) is 9.46. The molecule has 11 heteroatoms. The summed E-state index contributed by atoms with van der Waals surface area (Å²) in [6.45, 7) is 2.95. The number of nitrogens with zero attached hydrogens (tertiary/aromatic N) is 4. The molecule has 2 atom stereocenters. The molecule has 30 heavy (non-hydrogen) atoms. The maximum absolute atomic E-state index is 13.6. The minimum atomic E-state index is -4.78. The minimum Gasteiger partial charge on any atom is -0.382 e. The summed E-state index contributed by atoms with van der Waals surface area (Å²) in [5.41, 5.74) is 2.03. The number of H-pyrrole nitrogens is 1. The second kappa shape index (κ2) is 7.28. The fraction of sp³-hybridized carbons (Fsp3) is 0.474. The first kappa shape index (κ1) is 20.2. The minimum absolute atomic E-state index is 0.100. The Labute approximate surface area is 169 Å². The zero-order valence-electron chi connectivity index (χ0n) is 16.0. The summed E-state index contributed by atoms with van der Waals surface area (Å²) in [4.78, 5) is 17.9.